The maximum absolute atomic E-state index is 11.3. The first-order valence-corrected chi connectivity index (χ1v) is 6.41. The average Bonchev–Trinajstić information content (AvgIpc) is 2.90. The molecule has 0 aliphatic carbocycles. The highest BCUT2D eigenvalue weighted by Gasteiger charge is 2.18. The molecule has 1 aliphatic heterocycles. The van der Waals surface area contributed by atoms with Crippen molar-refractivity contribution in [2.75, 3.05) is 31.9 Å². The van der Waals surface area contributed by atoms with Crippen LogP contribution >= 0.6 is 11.8 Å². The SMILES string of the molecule is NCCn1nnnc1SCCN1CCNC1=O. The minimum atomic E-state index is 0.00662. The van der Waals surface area contributed by atoms with E-state index in [1.54, 1.807) is 9.58 Å². The average molecular weight is 257 g/mol. The lowest BCUT2D eigenvalue weighted by Gasteiger charge is -2.12. The van der Waals surface area contributed by atoms with Crippen molar-refractivity contribution in [2.24, 2.45) is 5.73 Å². The summed E-state index contributed by atoms with van der Waals surface area (Å²) < 4.78 is 1.68. The monoisotopic (exact) mass is 257 g/mol. The van der Waals surface area contributed by atoms with Gasteiger partial charge in [0, 0.05) is 31.9 Å². The van der Waals surface area contributed by atoms with E-state index in [4.69, 9.17) is 5.73 Å². The second-order valence-corrected chi connectivity index (χ2v) is 4.60. The van der Waals surface area contributed by atoms with Gasteiger partial charge in [-0.2, -0.15) is 0 Å². The van der Waals surface area contributed by atoms with Gasteiger partial charge in [0.15, 0.2) is 0 Å². The topological polar surface area (TPSA) is 102 Å². The minimum absolute atomic E-state index is 0.00662. The van der Waals surface area contributed by atoms with Crippen LogP contribution in [-0.4, -0.2) is 63.1 Å². The van der Waals surface area contributed by atoms with Gasteiger partial charge in [-0.25, -0.2) is 9.48 Å². The fourth-order valence-corrected chi connectivity index (χ4v) is 2.40. The summed E-state index contributed by atoms with van der Waals surface area (Å²) in [6, 6.07) is 0.00662. The van der Waals surface area contributed by atoms with Crippen molar-refractivity contribution < 1.29 is 4.79 Å². The van der Waals surface area contributed by atoms with Gasteiger partial charge in [-0.1, -0.05) is 11.8 Å². The highest BCUT2D eigenvalue weighted by Crippen LogP contribution is 2.13. The Labute approximate surface area is 103 Å². The van der Waals surface area contributed by atoms with Crippen molar-refractivity contribution in [1.82, 2.24) is 30.4 Å². The number of nitrogens with zero attached hydrogens (tertiary/aromatic N) is 5. The number of amides is 2. The van der Waals surface area contributed by atoms with Crippen molar-refractivity contribution in [3.63, 3.8) is 0 Å². The van der Waals surface area contributed by atoms with E-state index in [0.717, 1.165) is 24.0 Å². The van der Waals surface area contributed by atoms with E-state index in [-0.39, 0.29) is 6.03 Å². The summed E-state index contributed by atoms with van der Waals surface area (Å²) >= 11 is 1.53. The molecular weight excluding hydrogens is 242 g/mol. The first-order valence-electron chi connectivity index (χ1n) is 5.43. The third-order valence-electron chi connectivity index (χ3n) is 2.38. The normalized spacial score (nSPS) is 15.4. The molecule has 1 aromatic rings. The molecule has 8 nitrogen and oxygen atoms in total. The van der Waals surface area contributed by atoms with Crippen LogP contribution in [0.4, 0.5) is 4.79 Å². The zero-order valence-electron chi connectivity index (χ0n) is 9.37. The molecule has 1 aromatic heterocycles. The van der Waals surface area contributed by atoms with Crippen LogP contribution < -0.4 is 11.1 Å². The number of carbonyl (C=O) groups is 1. The van der Waals surface area contributed by atoms with E-state index in [9.17, 15) is 4.79 Å². The number of nitrogens with two attached hydrogens (primary N) is 1. The van der Waals surface area contributed by atoms with Gasteiger partial charge < -0.3 is 16.0 Å². The number of thioether (sulfide) groups is 1. The number of nitrogens with one attached hydrogen (secondary N) is 1. The van der Waals surface area contributed by atoms with E-state index in [2.05, 4.69) is 20.8 Å². The van der Waals surface area contributed by atoms with Crippen molar-refractivity contribution in [3.8, 4) is 0 Å². The van der Waals surface area contributed by atoms with Crippen LogP contribution in [0.25, 0.3) is 0 Å². The van der Waals surface area contributed by atoms with Crippen LogP contribution in [0.1, 0.15) is 0 Å². The molecule has 1 fully saturated rings. The number of urea groups is 1. The van der Waals surface area contributed by atoms with Crippen molar-refractivity contribution in [2.45, 2.75) is 11.7 Å². The van der Waals surface area contributed by atoms with Gasteiger partial charge in [-0.05, 0) is 10.4 Å². The predicted octanol–water partition coefficient (Wildman–Crippen LogP) is -1.25. The Morgan fingerprint density at radius 2 is 2.35 bits per heavy atom. The first-order chi connectivity index (χ1) is 8.31. The van der Waals surface area contributed by atoms with E-state index in [1.807, 2.05) is 0 Å². The third-order valence-corrected chi connectivity index (χ3v) is 3.31. The fraction of sp³-hybridized carbons (Fsp3) is 0.750. The Balaban J connectivity index is 1.77. The third kappa shape index (κ3) is 3.07. The lowest BCUT2D eigenvalue weighted by atomic mass is 10.6. The number of hydrogen-bond donors (Lipinski definition) is 2. The molecule has 1 saturated heterocycles. The van der Waals surface area contributed by atoms with E-state index < -0.39 is 0 Å². The molecule has 0 saturated carbocycles. The van der Waals surface area contributed by atoms with E-state index >= 15 is 0 Å². The summed E-state index contributed by atoms with van der Waals surface area (Å²) in [5.74, 6) is 0.776. The second-order valence-electron chi connectivity index (χ2n) is 3.54. The summed E-state index contributed by atoms with van der Waals surface area (Å²) in [6.45, 7) is 3.32. The molecule has 9 heteroatoms. The molecule has 0 unspecified atom stereocenters. The smallest absolute Gasteiger partial charge is 0.317 e. The van der Waals surface area contributed by atoms with Crippen LogP contribution in [0.2, 0.25) is 0 Å². The number of tetrazole rings is 1. The molecule has 0 bridgehead atoms. The molecule has 0 aromatic carbocycles. The minimum Gasteiger partial charge on any atom is -0.336 e. The Morgan fingerprint density at radius 1 is 1.47 bits per heavy atom. The maximum atomic E-state index is 11.3. The molecule has 0 spiro atoms. The second kappa shape index (κ2) is 5.82. The van der Waals surface area contributed by atoms with Gasteiger partial charge in [0.05, 0.1) is 6.54 Å². The van der Waals surface area contributed by atoms with Gasteiger partial charge in [0.2, 0.25) is 5.16 Å². The molecular formula is C8H15N7OS. The van der Waals surface area contributed by atoms with Crippen LogP contribution in [0, 0.1) is 0 Å². The molecule has 1 aliphatic rings. The summed E-state index contributed by atoms with van der Waals surface area (Å²) in [5.41, 5.74) is 5.45. The molecule has 2 amide bonds. The van der Waals surface area contributed by atoms with Crippen molar-refractivity contribution >= 4 is 17.8 Å². The maximum Gasteiger partial charge on any atom is 0.317 e. The van der Waals surface area contributed by atoms with Crippen molar-refractivity contribution in [1.29, 1.82) is 0 Å². The highest BCUT2D eigenvalue weighted by atomic mass is 32.2. The summed E-state index contributed by atoms with van der Waals surface area (Å²) in [6.07, 6.45) is 0. The molecule has 94 valence electrons. The fourth-order valence-electron chi connectivity index (χ4n) is 1.53. The Bertz CT molecular complexity index is 382. The summed E-state index contributed by atoms with van der Waals surface area (Å²) in [5, 5.41) is 14.8. The lowest BCUT2D eigenvalue weighted by molar-refractivity contribution is 0.220. The number of aromatic nitrogens is 4. The van der Waals surface area contributed by atoms with Crippen molar-refractivity contribution in [3.05, 3.63) is 0 Å². The molecule has 3 N–H and O–H groups in total. The molecule has 2 heterocycles. The Kier molecular flexibility index (Phi) is 4.15. The van der Waals surface area contributed by atoms with Crippen LogP contribution in [0.5, 0.6) is 0 Å². The zero-order valence-corrected chi connectivity index (χ0v) is 10.2. The highest BCUT2D eigenvalue weighted by molar-refractivity contribution is 7.99. The van der Waals surface area contributed by atoms with Crippen LogP contribution in [-0.2, 0) is 6.54 Å². The van der Waals surface area contributed by atoms with Gasteiger partial charge in [0.25, 0.3) is 0 Å². The van der Waals surface area contributed by atoms with Crippen LogP contribution in [0.15, 0.2) is 5.16 Å². The summed E-state index contributed by atoms with van der Waals surface area (Å²) in [4.78, 5) is 13.1. The van der Waals surface area contributed by atoms with E-state index in [1.165, 1.54) is 11.8 Å². The quantitative estimate of drug-likeness (QED) is 0.617. The lowest BCUT2D eigenvalue weighted by Crippen LogP contribution is -2.30. The standard InChI is InChI=1S/C8H15N7OS/c9-1-3-15-8(11-12-13-15)17-6-5-14-4-2-10-7(14)16/h1-6,9H2,(H,10,16). The summed E-state index contributed by atoms with van der Waals surface area (Å²) in [7, 11) is 0. The number of rotatable bonds is 6. The Morgan fingerprint density at radius 3 is 3.06 bits per heavy atom. The molecule has 0 atom stereocenters. The Hall–Kier alpha value is -1.35. The molecule has 0 radical (unpaired) electrons. The van der Waals surface area contributed by atoms with Gasteiger partial charge in [0.1, 0.15) is 0 Å². The number of carbonyl (C=O) groups excluding carboxylic acids is 1. The number of hydrogen-bond acceptors (Lipinski definition) is 6. The van der Waals surface area contributed by atoms with Gasteiger partial charge in [-0.15, -0.1) is 5.10 Å². The predicted molar refractivity (Wildman–Crippen MR) is 62.6 cm³/mol. The molecule has 2 rings (SSSR count). The first kappa shape index (κ1) is 12.1. The molecule has 17 heavy (non-hydrogen) atoms. The van der Waals surface area contributed by atoms with Gasteiger partial charge in [-0.3, -0.25) is 0 Å². The van der Waals surface area contributed by atoms with E-state index in [0.29, 0.717) is 19.6 Å². The largest absolute Gasteiger partial charge is 0.336 e. The van der Waals surface area contributed by atoms with Crippen LogP contribution in [0.3, 0.4) is 0 Å². The zero-order chi connectivity index (χ0) is 12.1. The van der Waals surface area contributed by atoms with Gasteiger partial charge >= 0.3 is 6.03 Å².